The molecule has 0 aliphatic rings. The first-order valence-electron chi connectivity index (χ1n) is 8.47. The Morgan fingerprint density at radius 1 is 1.00 bits per heavy atom. The van der Waals surface area contributed by atoms with Crippen molar-refractivity contribution in [2.24, 2.45) is 0 Å². The lowest BCUT2D eigenvalue weighted by molar-refractivity contribution is 0.103. The number of carbonyl (C=O) groups is 1. The number of unbranched alkanes of at least 4 members (excludes halogenated alkanes) is 1. The van der Waals surface area contributed by atoms with Crippen molar-refractivity contribution in [3.8, 4) is 11.3 Å². The van der Waals surface area contributed by atoms with Gasteiger partial charge in [-0.15, -0.1) is 0 Å². The molecule has 0 aliphatic carbocycles. The quantitative estimate of drug-likeness (QED) is 0.642. The summed E-state index contributed by atoms with van der Waals surface area (Å²) in [4.78, 5) is 29.6. The zero-order valence-corrected chi connectivity index (χ0v) is 14.2. The van der Waals surface area contributed by atoms with Crippen molar-refractivity contribution in [3.05, 3.63) is 88.5 Å². The fourth-order valence-corrected chi connectivity index (χ4v) is 2.71. The number of nitrogens with zero attached hydrogens (tertiary/aromatic N) is 2. The molecule has 0 amide bonds. The number of carbonyl (C=O) groups excluding carboxylic acids is 1. The topological polar surface area (TPSA) is 52.0 Å². The first-order valence-corrected chi connectivity index (χ1v) is 8.47. The third kappa shape index (κ3) is 3.74. The molecule has 2 aromatic carbocycles. The van der Waals surface area contributed by atoms with E-state index in [1.807, 2.05) is 48.5 Å². The molecule has 4 heteroatoms. The molecule has 126 valence electrons. The Balaban J connectivity index is 2.15. The first kappa shape index (κ1) is 16.8. The highest BCUT2D eigenvalue weighted by molar-refractivity contribution is 6.12. The Labute approximate surface area is 146 Å². The predicted octanol–water partition coefficient (Wildman–Crippen LogP) is 3.94. The van der Waals surface area contributed by atoms with E-state index in [9.17, 15) is 9.59 Å². The molecule has 0 saturated carbocycles. The van der Waals surface area contributed by atoms with Gasteiger partial charge in [-0.3, -0.25) is 9.36 Å². The van der Waals surface area contributed by atoms with Crippen LogP contribution in [-0.4, -0.2) is 15.3 Å². The summed E-state index contributed by atoms with van der Waals surface area (Å²) in [5.74, 6) is -0.128. The Morgan fingerprint density at radius 3 is 2.28 bits per heavy atom. The van der Waals surface area contributed by atoms with Crippen molar-refractivity contribution in [2.45, 2.75) is 26.3 Å². The summed E-state index contributed by atoms with van der Waals surface area (Å²) in [5.41, 5.74) is 1.92. The van der Waals surface area contributed by atoms with Crippen LogP contribution in [0.2, 0.25) is 0 Å². The lowest BCUT2D eigenvalue weighted by Gasteiger charge is -2.12. The lowest BCUT2D eigenvalue weighted by atomic mass is 9.99. The van der Waals surface area contributed by atoms with E-state index in [1.165, 1.54) is 4.57 Å². The maximum atomic E-state index is 13.0. The number of hydrogen-bond acceptors (Lipinski definition) is 3. The van der Waals surface area contributed by atoms with Gasteiger partial charge in [0.1, 0.15) is 0 Å². The molecular formula is C21H20N2O2. The second kappa shape index (κ2) is 7.71. The van der Waals surface area contributed by atoms with E-state index in [0.29, 0.717) is 23.4 Å². The normalized spacial score (nSPS) is 10.6. The van der Waals surface area contributed by atoms with Crippen molar-refractivity contribution in [1.82, 2.24) is 9.55 Å². The van der Waals surface area contributed by atoms with Crippen LogP contribution in [0.3, 0.4) is 0 Å². The van der Waals surface area contributed by atoms with E-state index in [0.717, 1.165) is 18.4 Å². The van der Waals surface area contributed by atoms with Crippen LogP contribution in [0, 0.1) is 0 Å². The Hall–Kier alpha value is -3.01. The molecule has 0 spiro atoms. The van der Waals surface area contributed by atoms with Crippen LogP contribution in [0.1, 0.15) is 35.7 Å². The minimum absolute atomic E-state index is 0.128. The van der Waals surface area contributed by atoms with Gasteiger partial charge in [-0.2, -0.15) is 4.98 Å². The molecule has 3 rings (SSSR count). The molecule has 1 aromatic heterocycles. The van der Waals surface area contributed by atoms with Gasteiger partial charge >= 0.3 is 5.69 Å². The number of benzene rings is 2. The maximum Gasteiger partial charge on any atom is 0.348 e. The predicted molar refractivity (Wildman–Crippen MR) is 98.7 cm³/mol. The highest BCUT2D eigenvalue weighted by Crippen LogP contribution is 2.22. The first-order chi connectivity index (χ1) is 12.2. The van der Waals surface area contributed by atoms with Crippen LogP contribution in [-0.2, 0) is 6.54 Å². The van der Waals surface area contributed by atoms with Gasteiger partial charge in [-0.25, -0.2) is 4.79 Å². The van der Waals surface area contributed by atoms with E-state index in [-0.39, 0.29) is 11.5 Å². The van der Waals surface area contributed by atoms with Crippen molar-refractivity contribution in [3.63, 3.8) is 0 Å². The van der Waals surface area contributed by atoms with Gasteiger partial charge in [0.25, 0.3) is 0 Å². The van der Waals surface area contributed by atoms with Gasteiger partial charge < -0.3 is 0 Å². The van der Waals surface area contributed by atoms with Gasteiger partial charge in [0.15, 0.2) is 5.78 Å². The molecule has 1 heterocycles. The van der Waals surface area contributed by atoms with Crippen LogP contribution in [0.25, 0.3) is 11.3 Å². The second-order valence-corrected chi connectivity index (χ2v) is 5.89. The molecule has 0 saturated heterocycles. The van der Waals surface area contributed by atoms with Gasteiger partial charge in [0.2, 0.25) is 0 Å². The highest BCUT2D eigenvalue weighted by atomic mass is 16.1. The van der Waals surface area contributed by atoms with Crippen LogP contribution >= 0.6 is 0 Å². The van der Waals surface area contributed by atoms with E-state index >= 15 is 0 Å². The minimum atomic E-state index is -0.322. The van der Waals surface area contributed by atoms with Crippen molar-refractivity contribution >= 4 is 5.78 Å². The largest absolute Gasteiger partial charge is 0.348 e. The summed E-state index contributed by atoms with van der Waals surface area (Å²) >= 11 is 0. The number of rotatable bonds is 6. The molecule has 0 bridgehead atoms. The van der Waals surface area contributed by atoms with Crippen molar-refractivity contribution in [2.75, 3.05) is 0 Å². The Morgan fingerprint density at radius 2 is 1.64 bits per heavy atom. The van der Waals surface area contributed by atoms with Crippen LogP contribution in [0.15, 0.2) is 71.7 Å². The average molecular weight is 332 g/mol. The standard InChI is InChI=1S/C21H20N2O2/c1-2-3-14-23-15-18(20(24)17-12-8-5-9-13-17)19(22-21(23)25)16-10-6-4-7-11-16/h4-13,15H,2-3,14H2,1H3. The van der Waals surface area contributed by atoms with E-state index in [2.05, 4.69) is 11.9 Å². The minimum Gasteiger partial charge on any atom is -0.298 e. The SMILES string of the molecule is CCCCn1cc(C(=O)c2ccccc2)c(-c2ccccc2)nc1=O. The molecule has 0 N–H and O–H groups in total. The molecule has 0 atom stereocenters. The van der Waals surface area contributed by atoms with E-state index in [1.54, 1.807) is 18.3 Å². The third-order valence-electron chi connectivity index (χ3n) is 4.07. The van der Waals surface area contributed by atoms with Crippen molar-refractivity contribution in [1.29, 1.82) is 0 Å². The highest BCUT2D eigenvalue weighted by Gasteiger charge is 2.18. The fourth-order valence-electron chi connectivity index (χ4n) is 2.71. The van der Waals surface area contributed by atoms with Gasteiger partial charge in [-0.05, 0) is 6.42 Å². The lowest BCUT2D eigenvalue weighted by Crippen LogP contribution is -2.25. The van der Waals surface area contributed by atoms with Gasteiger partial charge in [-0.1, -0.05) is 74.0 Å². The number of ketones is 1. The van der Waals surface area contributed by atoms with E-state index < -0.39 is 0 Å². The summed E-state index contributed by atoms with van der Waals surface area (Å²) in [6.07, 6.45) is 3.49. The fraction of sp³-hybridized carbons (Fsp3) is 0.190. The summed E-state index contributed by atoms with van der Waals surface area (Å²) in [5, 5.41) is 0. The molecule has 4 nitrogen and oxygen atoms in total. The molecule has 0 aliphatic heterocycles. The number of aryl methyl sites for hydroxylation is 1. The average Bonchev–Trinajstić information content (AvgIpc) is 2.67. The summed E-state index contributed by atoms with van der Waals surface area (Å²) in [6, 6.07) is 18.4. The summed E-state index contributed by atoms with van der Waals surface area (Å²) in [6.45, 7) is 2.62. The zero-order valence-electron chi connectivity index (χ0n) is 14.2. The van der Waals surface area contributed by atoms with Gasteiger partial charge in [0, 0.05) is 23.9 Å². The number of hydrogen-bond donors (Lipinski definition) is 0. The molecule has 25 heavy (non-hydrogen) atoms. The molecular weight excluding hydrogens is 312 g/mol. The van der Waals surface area contributed by atoms with Crippen LogP contribution in [0.5, 0.6) is 0 Å². The maximum absolute atomic E-state index is 13.0. The summed E-state index contributed by atoms with van der Waals surface area (Å²) < 4.78 is 1.53. The smallest absolute Gasteiger partial charge is 0.298 e. The van der Waals surface area contributed by atoms with Crippen LogP contribution < -0.4 is 5.69 Å². The number of aromatic nitrogens is 2. The van der Waals surface area contributed by atoms with Crippen LogP contribution in [0.4, 0.5) is 0 Å². The monoisotopic (exact) mass is 332 g/mol. The molecule has 0 fully saturated rings. The Bertz CT molecular complexity index is 916. The van der Waals surface area contributed by atoms with Gasteiger partial charge in [0.05, 0.1) is 11.3 Å². The third-order valence-corrected chi connectivity index (χ3v) is 4.07. The molecule has 0 radical (unpaired) electrons. The Kier molecular flexibility index (Phi) is 5.19. The second-order valence-electron chi connectivity index (χ2n) is 5.89. The summed E-state index contributed by atoms with van der Waals surface area (Å²) in [7, 11) is 0. The van der Waals surface area contributed by atoms with E-state index in [4.69, 9.17) is 0 Å². The zero-order chi connectivity index (χ0) is 17.6. The molecule has 3 aromatic rings. The molecule has 0 unspecified atom stereocenters. The van der Waals surface area contributed by atoms with Crippen molar-refractivity contribution < 1.29 is 4.79 Å².